The van der Waals surface area contributed by atoms with Crippen molar-refractivity contribution in [2.75, 3.05) is 37.5 Å². The molecule has 1 saturated carbocycles. The van der Waals surface area contributed by atoms with Crippen LogP contribution in [0.5, 0.6) is 0 Å². The first kappa shape index (κ1) is 21.3. The molecule has 162 valence electrons. The van der Waals surface area contributed by atoms with Gasteiger partial charge in [-0.15, -0.1) is 10.2 Å². The van der Waals surface area contributed by atoms with Crippen molar-refractivity contribution < 1.29 is 17.9 Å². The van der Waals surface area contributed by atoms with Crippen LogP contribution in [0.2, 0.25) is 0 Å². The van der Waals surface area contributed by atoms with Crippen LogP contribution in [0.3, 0.4) is 0 Å². The highest BCUT2D eigenvalue weighted by atomic mass is 32.2. The van der Waals surface area contributed by atoms with Crippen LogP contribution < -0.4 is 0 Å². The molecule has 1 amide bonds. The Balaban J connectivity index is 1.48. The van der Waals surface area contributed by atoms with E-state index >= 15 is 0 Å². The Labute approximate surface area is 180 Å². The molecule has 1 aliphatic heterocycles. The van der Waals surface area contributed by atoms with Crippen molar-refractivity contribution in [3.8, 4) is 11.4 Å². The van der Waals surface area contributed by atoms with Gasteiger partial charge in [-0.2, -0.15) is 0 Å². The number of methoxy groups -OCH3 is 1. The first-order chi connectivity index (χ1) is 14.5. The molecule has 2 aromatic heterocycles. The molecule has 4 rings (SSSR count). The van der Waals surface area contributed by atoms with Gasteiger partial charge < -0.3 is 9.64 Å². The van der Waals surface area contributed by atoms with E-state index in [4.69, 9.17) is 4.74 Å². The van der Waals surface area contributed by atoms with Gasteiger partial charge in [0.05, 0.1) is 23.9 Å². The molecular weight excluding hydrogens is 426 g/mol. The van der Waals surface area contributed by atoms with Crippen LogP contribution in [-0.2, 0) is 19.4 Å². The molecule has 2 fully saturated rings. The van der Waals surface area contributed by atoms with Crippen LogP contribution in [-0.4, -0.2) is 82.5 Å². The Morgan fingerprint density at radius 2 is 2.17 bits per heavy atom. The van der Waals surface area contributed by atoms with E-state index in [9.17, 15) is 13.2 Å². The summed E-state index contributed by atoms with van der Waals surface area (Å²) in [7, 11) is -1.51. The summed E-state index contributed by atoms with van der Waals surface area (Å²) >= 11 is 1.35. The molecule has 9 nitrogen and oxygen atoms in total. The summed E-state index contributed by atoms with van der Waals surface area (Å²) in [6.07, 6.45) is 6.08. The number of hydrogen-bond donors (Lipinski definition) is 0. The lowest BCUT2D eigenvalue weighted by molar-refractivity contribution is -0.130. The van der Waals surface area contributed by atoms with Gasteiger partial charge in [0.2, 0.25) is 5.91 Å². The molecule has 0 N–H and O–H groups in total. The highest BCUT2D eigenvalue weighted by molar-refractivity contribution is 7.99. The fraction of sp³-hybridized carbons (Fsp3) is 0.579. The van der Waals surface area contributed by atoms with Gasteiger partial charge in [0.25, 0.3) is 0 Å². The average molecular weight is 452 g/mol. The molecule has 11 heteroatoms. The number of hydrogen-bond acceptors (Lipinski definition) is 8. The molecule has 1 aliphatic carbocycles. The van der Waals surface area contributed by atoms with E-state index in [-0.39, 0.29) is 29.2 Å². The molecular formula is C19H25N5O4S2. The summed E-state index contributed by atoms with van der Waals surface area (Å²) in [5, 5.41) is 9.37. The number of aromatic nitrogens is 4. The maximum atomic E-state index is 13.0. The van der Waals surface area contributed by atoms with Crippen molar-refractivity contribution in [1.82, 2.24) is 24.6 Å². The fourth-order valence-electron chi connectivity index (χ4n) is 3.66. The largest absolute Gasteiger partial charge is 0.383 e. The monoisotopic (exact) mass is 451 g/mol. The van der Waals surface area contributed by atoms with Crippen molar-refractivity contribution in [3.63, 3.8) is 0 Å². The van der Waals surface area contributed by atoms with Crippen LogP contribution in [0.15, 0.2) is 29.7 Å². The summed E-state index contributed by atoms with van der Waals surface area (Å²) in [5.74, 6) is 0.992. The normalized spacial score (nSPS) is 20.4. The lowest BCUT2D eigenvalue weighted by Gasteiger charge is -2.28. The molecule has 0 unspecified atom stereocenters. The molecule has 1 atom stereocenters. The quantitative estimate of drug-likeness (QED) is 0.527. The van der Waals surface area contributed by atoms with Gasteiger partial charge in [-0.1, -0.05) is 11.8 Å². The Bertz CT molecular complexity index is 992. The Hall–Kier alpha value is -1.98. The molecule has 3 heterocycles. The molecule has 30 heavy (non-hydrogen) atoms. The Kier molecular flexibility index (Phi) is 6.40. The van der Waals surface area contributed by atoms with Crippen molar-refractivity contribution >= 4 is 27.5 Å². The minimum Gasteiger partial charge on any atom is -0.383 e. The summed E-state index contributed by atoms with van der Waals surface area (Å²) in [6.45, 7) is 0.753. The number of carbonyl (C=O) groups excluding carboxylic acids is 1. The molecule has 1 saturated heterocycles. The van der Waals surface area contributed by atoms with E-state index < -0.39 is 9.84 Å². The zero-order valence-corrected chi connectivity index (χ0v) is 18.4. The minimum atomic E-state index is -3.08. The number of carbonyl (C=O) groups is 1. The van der Waals surface area contributed by atoms with E-state index in [0.29, 0.717) is 30.8 Å². The summed E-state index contributed by atoms with van der Waals surface area (Å²) in [5.41, 5.74) is 0.896. The first-order valence-electron chi connectivity index (χ1n) is 9.95. The van der Waals surface area contributed by atoms with Crippen LogP contribution in [0, 0.1) is 0 Å². The van der Waals surface area contributed by atoms with Crippen molar-refractivity contribution in [2.45, 2.75) is 36.5 Å². The van der Waals surface area contributed by atoms with Crippen LogP contribution in [0.4, 0.5) is 0 Å². The first-order valence-corrected chi connectivity index (χ1v) is 12.8. The smallest absolute Gasteiger partial charge is 0.233 e. The lowest BCUT2D eigenvalue weighted by atomic mass is 10.2. The van der Waals surface area contributed by atoms with E-state index in [0.717, 1.165) is 24.2 Å². The second kappa shape index (κ2) is 9.03. The summed E-state index contributed by atoms with van der Waals surface area (Å²) < 4.78 is 31.0. The SMILES string of the molecule is COCCN(C(=O)CSc1nnc(-c2cccnc2)n1C1CC1)[C@@H]1CCS(=O)(=O)C1. The van der Waals surface area contributed by atoms with Crippen LogP contribution >= 0.6 is 11.8 Å². The van der Waals surface area contributed by atoms with E-state index in [1.807, 2.05) is 12.1 Å². The fourth-order valence-corrected chi connectivity index (χ4v) is 6.28. The second-order valence-corrected chi connectivity index (χ2v) is 10.7. The molecule has 0 bridgehead atoms. The minimum absolute atomic E-state index is 0.0243. The van der Waals surface area contributed by atoms with Gasteiger partial charge in [-0.3, -0.25) is 14.3 Å². The number of thioether (sulfide) groups is 1. The van der Waals surface area contributed by atoms with Gasteiger partial charge in [0.1, 0.15) is 0 Å². The van der Waals surface area contributed by atoms with Gasteiger partial charge in [0, 0.05) is 43.7 Å². The number of rotatable bonds is 9. The summed E-state index contributed by atoms with van der Waals surface area (Å²) in [4.78, 5) is 18.8. The van der Waals surface area contributed by atoms with Gasteiger partial charge in [0.15, 0.2) is 20.8 Å². The van der Waals surface area contributed by atoms with E-state index in [1.54, 1.807) is 24.4 Å². The highest BCUT2D eigenvalue weighted by Gasteiger charge is 2.35. The zero-order valence-electron chi connectivity index (χ0n) is 16.8. The summed E-state index contributed by atoms with van der Waals surface area (Å²) in [6, 6.07) is 3.87. The standard InChI is InChI=1S/C19H25N5O4S2/c1-28-9-8-23(16-6-10-30(26,27)13-16)17(25)12-29-19-22-21-18(24(19)15-4-5-15)14-3-2-7-20-11-14/h2-3,7,11,15-16H,4-6,8-10,12-13H2,1H3/t16-/m1/s1. The predicted molar refractivity (Wildman–Crippen MR) is 113 cm³/mol. The number of ether oxygens (including phenoxy) is 1. The maximum Gasteiger partial charge on any atom is 0.233 e. The molecule has 0 radical (unpaired) electrons. The third-order valence-corrected chi connectivity index (χ3v) is 8.01. The number of nitrogens with zero attached hydrogens (tertiary/aromatic N) is 5. The van der Waals surface area contributed by atoms with Gasteiger partial charge in [-0.05, 0) is 31.4 Å². The van der Waals surface area contributed by atoms with Crippen molar-refractivity contribution in [1.29, 1.82) is 0 Å². The van der Waals surface area contributed by atoms with Gasteiger partial charge >= 0.3 is 0 Å². The van der Waals surface area contributed by atoms with Crippen molar-refractivity contribution in [2.24, 2.45) is 0 Å². The molecule has 2 aromatic rings. The van der Waals surface area contributed by atoms with E-state index in [1.165, 1.54) is 11.8 Å². The maximum absolute atomic E-state index is 13.0. The van der Waals surface area contributed by atoms with Crippen LogP contribution in [0.1, 0.15) is 25.3 Å². The zero-order chi connectivity index (χ0) is 21.1. The number of amides is 1. The molecule has 0 aromatic carbocycles. The Morgan fingerprint density at radius 3 is 2.80 bits per heavy atom. The Morgan fingerprint density at radius 1 is 1.33 bits per heavy atom. The van der Waals surface area contributed by atoms with Crippen LogP contribution in [0.25, 0.3) is 11.4 Å². The third kappa shape index (κ3) is 4.84. The topological polar surface area (TPSA) is 107 Å². The van der Waals surface area contributed by atoms with Crippen molar-refractivity contribution in [3.05, 3.63) is 24.5 Å². The molecule has 2 aliphatic rings. The lowest BCUT2D eigenvalue weighted by Crippen LogP contribution is -2.44. The third-order valence-electron chi connectivity index (χ3n) is 5.33. The average Bonchev–Trinajstić information content (AvgIpc) is 3.39. The van der Waals surface area contributed by atoms with E-state index in [2.05, 4.69) is 19.7 Å². The second-order valence-electron chi connectivity index (χ2n) is 7.57. The number of pyridine rings is 1. The number of sulfone groups is 1. The molecule has 0 spiro atoms. The predicted octanol–water partition coefficient (Wildman–Crippen LogP) is 1.43. The van der Waals surface area contributed by atoms with Gasteiger partial charge in [-0.25, -0.2) is 8.42 Å². The highest BCUT2D eigenvalue weighted by Crippen LogP contribution is 2.41.